The molecule has 102 valence electrons. The maximum absolute atomic E-state index is 13.0. The molecule has 2 rings (SSSR count). The van der Waals surface area contributed by atoms with Crippen molar-refractivity contribution in [2.45, 2.75) is 13.4 Å². The largest absolute Gasteiger partial charge is 0.397 e. The minimum atomic E-state index is -3.37. The third-order valence-corrected chi connectivity index (χ3v) is 2.93. The van der Waals surface area contributed by atoms with Gasteiger partial charge in [0.05, 0.1) is 21.4 Å². The van der Waals surface area contributed by atoms with Crippen LogP contribution in [0.25, 0.3) is 5.69 Å². The SMILES string of the molecule is [2H]C([2H])([2H])c1nn(-c2cc(N)c(Cl)cc2Cl)c(=O)n1C(F)F. The average molecular weight is 312 g/mol. The number of halogens is 4. The van der Waals surface area contributed by atoms with Gasteiger partial charge in [-0.05, 0) is 19.0 Å². The van der Waals surface area contributed by atoms with E-state index in [4.69, 9.17) is 33.0 Å². The van der Waals surface area contributed by atoms with Gasteiger partial charge in [-0.25, -0.2) is 9.36 Å². The first kappa shape index (κ1) is 10.2. The number of nitrogens with zero attached hydrogens (tertiary/aromatic N) is 3. The minimum absolute atomic E-state index is 0.0231. The van der Waals surface area contributed by atoms with Crippen molar-refractivity contribution in [3.05, 3.63) is 38.5 Å². The van der Waals surface area contributed by atoms with E-state index < -0.39 is 24.9 Å². The number of nitrogens with two attached hydrogens (primary N) is 1. The van der Waals surface area contributed by atoms with Crippen molar-refractivity contribution in [3.8, 4) is 5.69 Å². The molecule has 0 saturated heterocycles. The molecule has 0 aliphatic carbocycles. The minimum Gasteiger partial charge on any atom is -0.397 e. The van der Waals surface area contributed by atoms with Gasteiger partial charge in [0.2, 0.25) is 0 Å². The summed E-state index contributed by atoms with van der Waals surface area (Å²) in [5.74, 6) is -1.06. The number of aromatic nitrogens is 3. The third-order valence-electron chi connectivity index (χ3n) is 2.30. The molecule has 0 radical (unpaired) electrons. The van der Waals surface area contributed by atoms with Crippen molar-refractivity contribution in [1.29, 1.82) is 0 Å². The number of hydrogen-bond acceptors (Lipinski definition) is 3. The summed E-state index contributed by atoms with van der Waals surface area (Å²) in [6.07, 6.45) is 0. The summed E-state index contributed by atoms with van der Waals surface area (Å²) >= 11 is 11.6. The second-order valence-corrected chi connectivity index (χ2v) is 4.31. The molecule has 0 spiro atoms. The van der Waals surface area contributed by atoms with Crippen LogP contribution in [0.15, 0.2) is 16.9 Å². The Kier molecular flexibility index (Phi) is 2.59. The lowest BCUT2D eigenvalue weighted by Gasteiger charge is -2.05. The molecule has 0 atom stereocenters. The van der Waals surface area contributed by atoms with Crippen molar-refractivity contribution < 1.29 is 12.9 Å². The molecule has 1 aromatic carbocycles. The molecule has 1 heterocycles. The summed E-state index contributed by atoms with van der Waals surface area (Å²) in [4.78, 5) is 12.0. The normalized spacial score (nSPS) is 14.3. The van der Waals surface area contributed by atoms with Crippen LogP contribution in [0.5, 0.6) is 0 Å². The van der Waals surface area contributed by atoms with Gasteiger partial charge >= 0.3 is 12.2 Å². The fraction of sp³-hybridized carbons (Fsp3) is 0.200. The zero-order valence-electron chi connectivity index (χ0n) is 12.1. The van der Waals surface area contributed by atoms with Crippen LogP contribution in [0.2, 0.25) is 10.0 Å². The van der Waals surface area contributed by atoms with Crippen LogP contribution in [0.4, 0.5) is 14.5 Å². The van der Waals surface area contributed by atoms with Crippen LogP contribution in [-0.2, 0) is 0 Å². The lowest BCUT2D eigenvalue weighted by atomic mass is 10.3. The quantitative estimate of drug-likeness (QED) is 0.867. The summed E-state index contributed by atoms with van der Waals surface area (Å²) < 4.78 is 47.8. The van der Waals surface area contributed by atoms with E-state index in [1.807, 2.05) is 0 Å². The Morgan fingerprint density at radius 1 is 1.42 bits per heavy atom. The summed E-state index contributed by atoms with van der Waals surface area (Å²) in [7, 11) is 0. The Morgan fingerprint density at radius 2 is 2.11 bits per heavy atom. The molecule has 1 aromatic heterocycles. The monoisotopic (exact) mass is 311 g/mol. The molecule has 9 heteroatoms. The number of alkyl halides is 2. The Labute approximate surface area is 120 Å². The lowest BCUT2D eigenvalue weighted by molar-refractivity contribution is 0.0640. The van der Waals surface area contributed by atoms with Gasteiger partial charge < -0.3 is 5.73 Å². The van der Waals surface area contributed by atoms with Crippen LogP contribution in [0.1, 0.15) is 16.5 Å². The standard InChI is InChI=1S/C10H8Cl2F2N4O/c1-4-16-18(10(19)17(4)9(13)14)8-3-7(15)5(11)2-6(8)12/h2-3,9H,15H2,1H3/i1D3. The smallest absolute Gasteiger partial charge is 0.355 e. The summed E-state index contributed by atoms with van der Waals surface area (Å²) in [5, 5.41) is 3.43. The van der Waals surface area contributed by atoms with E-state index in [0.717, 1.165) is 6.07 Å². The zero-order chi connectivity index (χ0) is 16.8. The first-order valence-electron chi connectivity index (χ1n) is 6.29. The molecular formula is C10H8Cl2F2N4O. The molecule has 2 aromatic rings. The van der Waals surface area contributed by atoms with Gasteiger partial charge in [0.25, 0.3) is 0 Å². The van der Waals surface area contributed by atoms with Crippen molar-refractivity contribution in [1.82, 2.24) is 14.3 Å². The Balaban J connectivity index is 2.79. The molecule has 5 nitrogen and oxygen atoms in total. The predicted octanol–water partition coefficient (Wildman–Crippen LogP) is 2.63. The van der Waals surface area contributed by atoms with Gasteiger partial charge in [0.15, 0.2) is 0 Å². The predicted molar refractivity (Wildman–Crippen MR) is 68.2 cm³/mol. The number of nitrogen functional groups attached to an aromatic ring is 1. The maximum Gasteiger partial charge on any atom is 0.355 e. The molecule has 0 saturated carbocycles. The fourth-order valence-electron chi connectivity index (χ4n) is 1.43. The second-order valence-electron chi connectivity index (χ2n) is 3.49. The van der Waals surface area contributed by atoms with Crippen LogP contribution in [0, 0.1) is 6.85 Å². The molecule has 0 amide bonds. The number of hydrogen-bond donors (Lipinski definition) is 1. The molecule has 0 aliphatic rings. The van der Waals surface area contributed by atoms with E-state index in [1.54, 1.807) is 0 Å². The van der Waals surface area contributed by atoms with Crippen molar-refractivity contribution in [2.24, 2.45) is 0 Å². The van der Waals surface area contributed by atoms with Gasteiger partial charge in [0, 0.05) is 4.11 Å². The van der Waals surface area contributed by atoms with Gasteiger partial charge in [-0.3, -0.25) is 0 Å². The van der Waals surface area contributed by atoms with Crippen molar-refractivity contribution in [3.63, 3.8) is 0 Å². The second kappa shape index (κ2) is 4.82. The number of aryl methyl sites for hydroxylation is 1. The van der Waals surface area contributed by atoms with E-state index in [1.165, 1.54) is 6.07 Å². The van der Waals surface area contributed by atoms with Crippen LogP contribution >= 0.6 is 23.2 Å². The van der Waals surface area contributed by atoms with E-state index in [2.05, 4.69) is 5.10 Å². The molecule has 19 heavy (non-hydrogen) atoms. The zero-order valence-corrected chi connectivity index (χ0v) is 10.6. The molecule has 0 aliphatic heterocycles. The number of rotatable bonds is 2. The summed E-state index contributed by atoms with van der Waals surface area (Å²) in [5.41, 5.74) is 4.08. The van der Waals surface area contributed by atoms with Crippen molar-refractivity contribution >= 4 is 28.9 Å². The van der Waals surface area contributed by atoms with Gasteiger partial charge in [-0.2, -0.15) is 13.5 Å². The summed E-state index contributed by atoms with van der Waals surface area (Å²) in [6, 6.07) is 2.33. The molecule has 0 fully saturated rings. The highest BCUT2D eigenvalue weighted by molar-refractivity contribution is 6.37. The highest BCUT2D eigenvalue weighted by Gasteiger charge is 2.20. The first-order chi connectivity index (χ1) is 10.0. The van der Waals surface area contributed by atoms with Gasteiger partial charge in [-0.15, -0.1) is 5.10 Å². The summed E-state index contributed by atoms with van der Waals surface area (Å²) in [6.45, 7) is -6.38. The maximum atomic E-state index is 13.0. The Morgan fingerprint density at radius 3 is 2.63 bits per heavy atom. The van der Waals surface area contributed by atoms with E-state index in [0.29, 0.717) is 4.68 Å². The third kappa shape index (κ3) is 2.31. The van der Waals surface area contributed by atoms with Crippen molar-refractivity contribution in [2.75, 3.05) is 5.73 Å². The van der Waals surface area contributed by atoms with Gasteiger partial charge in [-0.1, -0.05) is 23.2 Å². The molecular weight excluding hydrogens is 301 g/mol. The number of benzene rings is 1. The Bertz CT molecular complexity index is 788. The Hall–Kier alpha value is -1.60. The van der Waals surface area contributed by atoms with E-state index in [9.17, 15) is 13.6 Å². The fourth-order valence-corrected chi connectivity index (χ4v) is 1.89. The van der Waals surface area contributed by atoms with Crippen LogP contribution in [0.3, 0.4) is 0 Å². The van der Waals surface area contributed by atoms with Crippen LogP contribution < -0.4 is 11.4 Å². The topological polar surface area (TPSA) is 65.8 Å². The highest BCUT2D eigenvalue weighted by atomic mass is 35.5. The molecule has 0 unspecified atom stereocenters. The van der Waals surface area contributed by atoms with E-state index in [-0.39, 0.29) is 26.0 Å². The van der Waals surface area contributed by atoms with Crippen LogP contribution in [-0.4, -0.2) is 14.3 Å². The van der Waals surface area contributed by atoms with Gasteiger partial charge in [0.1, 0.15) is 5.82 Å². The first-order valence-corrected chi connectivity index (χ1v) is 5.54. The molecule has 0 bridgehead atoms. The lowest BCUT2D eigenvalue weighted by Crippen LogP contribution is -2.25. The average Bonchev–Trinajstić information content (AvgIpc) is 2.71. The highest BCUT2D eigenvalue weighted by Crippen LogP contribution is 2.28. The van der Waals surface area contributed by atoms with E-state index >= 15 is 0 Å². The number of anilines is 1. The molecule has 2 N–H and O–H groups in total.